The first kappa shape index (κ1) is 11.0. The minimum absolute atomic E-state index is 0.208. The number of nitrogens with zero attached hydrogens (tertiary/aromatic N) is 1. The van der Waals surface area contributed by atoms with Crippen LogP contribution in [0.25, 0.3) is 0 Å². The summed E-state index contributed by atoms with van der Waals surface area (Å²) in [5, 5.41) is 12.4. The Hall–Kier alpha value is -0.120. The third-order valence-electron chi connectivity index (χ3n) is 2.86. The Morgan fingerprint density at radius 3 is 2.62 bits per heavy atom. The largest absolute Gasteiger partial charge is 0.395 e. The van der Waals surface area contributed by atoms with Crippen LogP contribution in [-0.2, 0) is 0 Å². The van der Waals surface area contributed by atoms with Crippen molar-refractivity contribution in [2.24, 2.45) is 0 Å². The van der Waals surface area contributed by atoms with Gasteiger partial charge < -0.3 is 10.4 Å². The fourth-order valence-electron chi connectivity index (χ4n) is 2.08. The van der Waals surface area contributed by atoms with Gasteiger partial charge in [0.25, 0.3) is 0 Å². The Labute approximate surface area is 81.1 Å². The van der Waals surface area contributed by atoms with Crippen molar-refractivity contribution in [2.75, 3.05) is 19.7 Å². The molecular weight excluding hydrogens is 164 g/mol. The fourth-order valence-corrected chi connectivity index (χ4v) is 2.08. The van der Waals surface area contributed by atoms with Crippen molar-refractivity contribution in [1.82, 2.24) is 10.2 Å². The summed E-state index contributed by atoms with van der Waals surface area (Å²) in [6.07, 6.45) is 0. The minimum atomic E-state index is 0.208. The average Bonchev–Trinajstić information content (AvgIpc) is 2.03. The molecule has 2 N–H and O–H groups in total. The molecule has 0 bridgehead atoms. The highest BCUT2D eigenvalue weighted by Gasteiger charge is 2.34. The molecule has 0 radical (unpaired) electrons. The monoisotopic (exact) mass is 186 g/mol. The van der Waals surface area contributed by atoms with Crippen molar-refractivity contribution in [3.63, 3.8) is 0 Å². The molecule has 0 aliphatic carbocycles. The molecule has 0 aromatic carbocycles. The van der Waals surface area contributed by atoms with Gasteiger partial charge in [0.2, 0.25) is 0 Å². The molecule has 1 heterocycles. The zero-order chi connectivity index (χ0) is 10.1. The highest BCUT2D eigenvalue weighted by atomic mass is 16.3. The van der Waals surface area contributed by atoms with Crippen LogP contribution >= 0.6 is 0 Å². The second kappa shape index (κ2) is 3.95. The number of hydrogen-bond donors (Lipinski definition) is 2. The van der Waals surface area contributed by atoms with Crippen LogP contribution in [0.15, 0.2) is 0 Å². The number of aliphatic hydroxyl groups is 1. The lowest BCUT2D eigenvalue weighted by atomic mass is 9.96. The molecule has 3 heteroatoms. The summed E-state index contributed by atoms with van der Waals surface area (Å²) in [4.78, 5) is 2.45. The number of nitrogens with one attached hydrogen (secondary N) is 1. The average molecular weight is 186 g/mol. The van der Waals surface area contributed by atoms with Gasteiger partial charge in [-0.3, -0.25) is 4.90 Å². The molecule has 78 valence electrons. The van der Waals surface area contributed by atoms with Crippen molar-refractivity contribution in [3.05, 3.63) is 0 Å². The van der Waals surface area contributed by atoms with Gasteiger partial charge in [-0.25, -0.2) is 0 Å². The highest BCUT2D eigenvalue weighted by Crippen LogP contribution is 2.20. The van der Waals surface area contributed by atoms with E-state index in [0.29, 0.717) is 6.04 Å². The van der Waals surface area contributed by atoms with E-state index < -0.39 is 0 Å². The fraction of sp³-hybridized carbons (Fsp3) is 1.00. The first-order chi connectivity index (χ1) is 5.97. The second-order valence-electron chi connectivity index (χ2n) is 4.82. The van der Waals surface area contributed by atoms with Crippen LogP contribution in [0, 0.1) is 0 Å². The number of aliphatic hydroxyl groups excluding tert-OH is 1. The van der Waals surface area contributed by atoms with E-state index in [1.807, 2.05) is 0 Å². The van der Waals surface area contributed by atoms with Crippen LogP contribution in [-0.4, -0.2) is 47.3 Å². The smallest absolute Gasteiger partial charge is 0.0597 e. The molecule has 0 aromatic rings. The van der Waals surface area contributed by atoms with Crippen LogP contribution < -0.4 is 5.32 Å². The van der Waals surface area contributed by atoms with Crippen LogP contribution in [0.5, 0.6) is 0 Å². The molecule has 1 rings (SSSR count). The predicted octanol–water partition coefficient (Wildman–Crippen LogP) is 0.439. The maximum absolute atomic E-state index is 9.07. The first-order valence-electron chi connectivity index (χ1n) is 5.08. The standard InChI is InChI=1S/C10H22N2O/c1-8(2)12-5-9(6-13)11-7-10(12,3)4/h8-9,11,13H,5-7H2,1-4H3. The van der Waals surface area contributed by atoms with E-state index in [-0.39, 0.29) is 18.2 Å². The molecule has 1 unspecified atom stereocenters. The molecule has 1 aliphatic heterocycles. The SMILES string of the molecule is CC(C)N1CC(CO)NCC1(C)C. The van der Waals surface area contributed by atoms with Crippen molar-refractivity contribution in [2.45, 2.75) is 45.3 Å². The third kappa shape index (κ3) is 2.42. The van der Waals surface area contributed by atoms with E-state index in [1.54, 1.807) is 0 Å². The lowest BCUT2D eigenvalue weighted by molar-refractivity contribution is 0.0246. The maximum atomic E-state index is 9.07. The molecule has 1 atom stereocenters. The summed E-state index contributed by atoms with van der Waals surface area (Å²) in [6, 6.07) is 0.793. The van der Waals surface area contributed by atoms with Gasteiger partial charge in [0.1, 0.15) is 0 Å². The van der Waals surface area contributed by atoms with Gasteiger partial charge in [0.15, 0.2) is 0 Å². The topological polar surface area (TPSA) is 35.5 Å². The Morgan fingerprint density at radius 2 is 2.15 bits per heavy atom. The van der Waals surface area contributed by atoms with Crippen molar-refractivity contribution in [3.8, 4) is 0 Å². The lowest BCUT2D eigenvalue weighted by Crippen LogP contribution is -2.64. The summed E-state index contributed by atoms with van der Waals surface area (Å²) in [6.45, 7) is 11.0. The second-order valence-corrected chi connectivity index (χ2v) is 4.82. The van der Waals surface area contributed by atoms with Gasteiger partial charge >= 0.3 is 0 Å². The Balaban J connectivity index is 2.64. The molecule has 1 saturated heterocycles. The molecule has 1 fully saturated rings. The number of hydrogen-bond acceptors (Lipinski definition) is 3. The minimum Gasteiger partial charge on any atom is -0.395 e. The van der Waals surface area contributed by atoms with E-state index in [1.165, 1.54) is 0 Å². The number of rotatable bonds is 2. The van der Waals surface area contributed by atoms with E-state index in [9.17, 15) is 0 Å². The molecule has 13 heavy (non-hydrogen) atoms. The van der Waals surface area contributed by atoms with E-state index >= 15 is 0 Å². The molecule has 1 aliphatic rings. The van der Waals surface area contributed by atoms with Gasteiger partial charge in [-0.05, 0) is 27.7 Å². The Bertz CT molecular complexity index is 168. The maximum Gasteiger partial charge on any atom is 0.0597 e. The summed E-state index contributed by atoms with van der Waals surface area (Å²) in [5.74, 6) is 0. The molecule has 0 saturated carbocycles. The Kier molecular flexibility index (Phi) is 3.33. The number of piperazine rings is 1. The summed E-state index contributed by atoms with van der Waals surface area (Å²) in [7, 11) is 0. The predicted molar refractivity (Wildman–Crippen MR) is 54.8 cm³/mol. The molecule has 3 nitrogen and oxygen atoms in total. The van der Waals surface area contributed by atoms with Crippen molar-refractivity contribution >= 4 is 0 Å². The molecule has 0 spiro atoms. The summed E-state index contributed by atoms with van der Waals surface area (Å²) >= 11 is 0. The van der Waals surface area contributed by atoms with Crippen LogP contribution in [0.4, 0.5) is 0 Å². The van der Waals surface area contributed by atoms with Gasteiger partial charge in [-0.2, -0.15) is 0 Å². The van der Waals surface area contributed by atoms with E-state index in [4.69, 9.17) is 5.11 Å². The van der Waals surface area contributed by atoms with Gasteiger partial charge in [0, 0.05) is 30.7 Å². The molecular formula is C10H22N2O. The van der Waals surface area contributed by atoms with E-state index in [0.717, 1.165) is 13.1 Å². The zero-order valence-corrected chi connectivity index (χ0v) is 9.17. The molecule has 0 aromatic heterocycles. The normalized spacial score (nSPS) is 29.5. The van der Waals surface area contributed by atoms with Crippen molar-refractivity contribution < 1.29 is 5.11 Å². The van der Waals surface area contributed by atoms with E-state index in [2.05, 4.69) is 37.9 Å². The van der Waals surface area contributed by atoms with Gasteiger partial charge in [0.05, 0.1) is 6.61 Å². The molecule has 0 amide bonds. The third-order valence-corrected chi connectivity index (χ3v) is 2.86. The van der Waals surface area contributed by atoms with Gasteiger partial charge in [-0.1, -0.05) is 0 Å². The summed E-state index contributed by atoms with van der Waals surface area (Å²) < 4.78 is 0. The van der Waals surface area contributed by atoms with Crippen LogP contribution in [0.2, 0.25) is 0 Å². The van der Waals surface area contributed by atoms with Crippen LogP contribution in [0.3, 0.4) is 0 Å². The van der Waals surface area contributed by atoms with Crippen molar-refractivity contribution in [1.29, 1.82) is 0 Å². The van der Waals surface area contributed by atoms with Crippen LogP contribution in [0.1, 0.15) is 27.7 Å². The lowest BCUT2D eigenvalue weighted by Gasteiger charge is -2.48. The first-order valence-corrected chi connectivity index (χ1v) is 5.08. The zero-order valence-electron chi connectivity index (χ0n) is 9.17. The van der Waals surface area contributed by atoms with Gasteiger partial charge in [-0.15, -0.1) is 0 Å². The quantitative estimate of drug-likeness (QED) is 0.657. The highest BCUT2D eigenvalue weighted by molar-refractivity contribution is 4.93. The Morgan fingerprint density at radius 1 is 1.54 bits per heavy atom. The summed E-state index contributed by atoms with van der Waals surface area (Å²) in [5.41, 5.74) is 0.208.